The second-order valence-corrected chi connectivity index (χ2v) is 5.18. The van der Waals surface area contributed by atoms with E-state index in [1.165, 1.54) is 0 Å². The van der Waals surface area contributed by atoms with E-state index in [0.29, 0.717) is 35.5 Å². The minimum Gasteiger partial charge on any atom is -0.495 e. The van der Waals surface area contributed by atoms with Crippen molar-refractivity contribution in [3.63, 3.8) is 0 Å². The van der Waals surface area contributed by atoms with Gasteiger partial charge in [0, 0.05) is 17.2 Å². The number of ether oxygens (including phenoxy) is 3. The molecule has 98 valence electrons. The van der Waals surface area contributed by atoms with Gasteiger partial charge in [-0.3, -0.25) is 0 Å². The number of methoxy groups -OCH3 is 1. The fourth-order valence-corrected chi connectivity index (χ4v) is 2.95. The summed E-state index contributed by atoms with van der Waals surface area (Å²) in [5.41, 5.74) is 6.83. The van der Waals surface area contributed by atoms with Crippen LogP contribution in [0.1, 0.15) is 24.8 Å². The molecule has 1 aliphatic heterocycles. The van der Waals surface area contributed by atoms with E-state index in [2.05, 4.69) is 0 Å². The molecule has 0 bridgehead atoms. The number of fused-ring (bicyclic) bond motifs is 1. The molecule has 1 aromatic rings. The number of nitrogens with two attached hydrogens (primary N) is 1. The summed E-state index contributed by atoms with van der Waals surface area (Å²) < 4.78 is 16.6. The molecule has 0 unspecified atom stereocenters. The Bertz CT molecular complexity index is 486. The van der Waals surface area contributed by atoms with Crippen LogP contribution in [0.15, 0.2) is 6.07 Å². The van der Waals surface area contributed by atoms with Crippen molar-refractivity contribution in [1.29, 1.82) is 0 Å². The summed E-state index contributed by atoms with van der Waals surface area (Å²) in [5, 5.41) is 0.545. The smallest absolute Gasteiger partial charge is 0.168 e. The van der Waals surface area contributed by atoms with Crippen molar-refractivity contribution in [2.75, 3.05) is 20.3 Å². The Balaban J connectivity index is 2.20. The molecule has 0 spiro atoms. The molecule has 0 saturated heterocycles. The summed E-state index contributed by atoms with van der Waals surface area (Å²) >= 11 is 6.40. The number of halogens is 1. The summed E-state index contributed by atoms with van der Waals surface area (Å²) in [5.74, 6) is 1.95. The van der Waals surface area contributed by atoms with Crippen molar-refractivity contribution in [2.45, 2.75) is 24.8 Å². The van der Waals surface area contributed by atoms with Crippen LogP contribution >= 0.6 is 11.6 Å². The van der Waals surface area contributed by atoms with Crippen molar-refractivity contribution in [1.82, 2.24) is 0 Å². The average Bonchev–Trinajstić information content (AvgIpc) is 2.35. The van der Waals surface area contributed by atoms with Gasteiger partial charge in [-0.05, 0) is 19.3 Å². The van der Waals surface area contributed by atoms with Gasteiger partial charge in [0.15, 0.2) is 11.5 Å². The summed E-state index contributed by atoms with van der Waals surface area (Å²) in [4.78, 5) is 0. The lowest BCUT2D eigenvalue weighted by atomic mass is 9.72. The Morgan fingerprint density at radius 3 is 2.67 bits per heavy atom. The van der Waals surface area contributed by atoms with Crippen molar-refractivity contribution in [3.05, 3.63) is 16.7 Å². The summed E-state index contributed by atoms with van der Waals surface area (Å²) in [6, 6.07) is 1.77. The van der Waals surface area contributed by atoms with Gasteiger partial charge in [-0.1, -0.05) is 11.6 Å². The molecule has 0 radical (unpaired) electrons. The molecule has 0 aromatic heterocycles. The second kappa shape index (κ2) is 4.21. The van der Waals surface area contributed by atoms with E-state index in [-0.39, 0.29) is 0 Å². The lowest BCUT2D eigenvalue weighted by molar-refractivity contribution is 0.158. The third-order valence-electron chi connectivity index (χ3n) is 3.70. The average molecular weight is 270 g/mol. The minimum atomic E-state index is -0.406. The molecule has 0 atom stereocenters. The van der Waals surface area contributed by atoms with Crippen LogP contribution in [0.25, 0.3) is 0 Å². The monoisotopic (exact) mass is 269 g/mol. The number of benzene rings is 1. The lowest BCUT2D eigenvalue weighted by Gasteiger charge is -2.41. The fourth-order valence-electron chi connectivity index (χ4n) is 2.54. The topological polar surface area (TPSA) is 53.7 Å². The van der Waals surface area contributed by atoms with Gasteiger partial charge in [0.2, 0.25) is 0 Å². The Morgan fingerprint density at radius 1 is 1.33 bits per heavy atom. The third kappa shape index (κ3) is 1.63. The van der Waals surface area contributed by atoms with E-state index in [1.54, 1.807) is 13.2 Å². The zero-order valence-electron chi connectivity index (χ0n) is 10.3. The predicted molar refractivity (Wildman–Crippen MR) is 68.7 cm³/mol. The van der Waals surface area contributed by atoms with Gasteiger partial charge < -0.3 is 19.9 Å². The Hall–Kier alpha value is -1.13. The second-order valence-electron chi connectivity index (χ2n) is 4.80. The molecule has 1 aliphatic carbocycles. The summed E-state index contributed by atoms with van der Waals surface area (Å²) in [6.45, 7) is 1.06. The Kier molecular flexibility index (Phi) is 2.79. The molecule has 18 heavy (non-hydrogen) atoms. The molecule has 1 aromatic carbocycles. The summed E-state index contributed by atoms with van der Waals surface area (Å²) in [7, 11) is 1.59. The minimum absolute atomic E-state index is 0.406. The van der Waals surface area contributed by atoms with Gasteiger partial charge in [0.05, 0.1) is 12.1 Å². The fraction of sp³-hybridized carbons (Fsp3) is 0.538. The maximum atomic E-state index is 6.40. The first-order chi connectivity index (χ1) is 8.65. The molecule has 2 N–H and O–H groups in total. The molecule has 0 amide bonds. The lowest BCUT2D eigenvalue weighted by Crippen LogP contribution is -2.44. The van der Waals surface area contributed by atoms with E-state index in [9.17, 15) is 0 Å². The van der Waals surface area contributed by atoms with E-state index in [4.69, 9.17) is 31.5 Å². The van der Waals surface area contributed by atoms with E-state index >= 15 is 0 Å². The number of hydrogen-bond acceptors (Lipinski definition) is 4. The molecular weight excluding hydrogens is 254 g/mol. The molecule has 1 heterocycles. The molecule has 1 fully saturated rings. The van der Waals surface area contributed by atoms with Crippen molar-refractivity contribution in [2.24, 2.45) is 5.73 Å². The van der Waals surface area contributed by atoms with Crippen LogP contribution in [-0.2, 0) is 5.54 Å². The van der Waals surface area contributed by atoms with Gasteiger partial charge >= 0.3 is 0 Å². The van der Waals surface area contributed by atoms with Crippen LogP contribution < -0.4 is 19.9 Å². The normalized spacial score (nSPS) is 20.2. The van der Waals surface area contributed by atoms with Gasteiger partial charge in [-0.2, -0.15) is 0 Å². The van der Waals surface area contributed by atoms with Crippen molar-refractivity contribution in [3.8, 4) is 17.2 Å². The van der Waals surface area contributed by atoms with E-state index in [0.717, 1.165) is 24.8 Å². The van der Waals surface area contributed by atoms with E-state index in [1.807, 2.05) is 0 Å². The van der Waals surface area contributed by atoms with Gasteiger partial charge in [0.25, 0.3) is 0 Å². The van der Waals surface area contributed by atoms with Crippen LogP contribution in [-0.4, -0.2) is 20.3 Å². The standard InChI is InChI=1S/C13H16ClNO3/c1-16-8-7-9-12(18-6-5-17-9)10(11(8)14)13(15)3-2-4-13/h7H,2-6,15H2,1H3. The van der Waals surface area contributed by atoms with Crippen LogP contribution in [0, 0.1) is 0 Å². The van der Waals surface area contributed by atoms with Crippen LogP contribution in [0.4, 0.5) is 0 Å². The van der Waals surface area contributed by atoms with Crippen LogP contribution in [0.5, 0.6) is 17.2 Å². The SMILES string of the molecule is COc1cc2c(c(C3(N)CCC3)c1Cl)OCCO2. The van der Waals surface area contributed by atoms with Crippen LogP contribution in [0.3, 0.4) is 0 Å². The first kappa shape index (κ1) is 11.9. The molecule has 2 aliphatic rings. The number of rotatable bonds is 2. The maximum absolute atomic E-state index is 6.40. The molecule has 5 heteroatoms. The highest BCUT2D eigenvalue weighted by atomic mass is 35.5. The van der Waals surface area contributed by atoms with Gasteiger partial charge in [-0.25, -0.2) is 0 Å². The Labute approximate surface area is 111 Å². The quantitative estimate of drug-likeness (QED) is 0.896. The van der Waals surface area contributed by atoms with Crippen molar-refractivity contribution >= 4 is 11.6 Å². The highest BCUT2D eigenvalue weighted by Gasteiger charge is 2.41. The molecule has 3 rings (SSSR count). The first-order valence-corrected chi connectivity index (χ1v) is 6.49. The molecule has 4 nitrogen and oxygen atoms in total. The first-order valence-electron chi connectivity index (χ1n) is 6.11. The van der Waals surface area contributed by atoms with Crippen molar-refractivity contribution < 1.29 is 14.2 Å². The highest BCUT2D eigenvalue weighted by Crippen LogP contribution is 2.52. The molecular formula is C13H16ClNO3. The van der Waals surface area contributed by atoms with Gasteiger partial charge in [-0.15, -0.1) is 0 Å². The summed E-state index contributed by atoms with van der Waals surface area (Å²) in [6.07, 6.45) is 2.94. The highest BCUT2D eigenvalue weighted by molar-refractivity contribution is 6.33. The van der Waals surface area contributed by atoms with E-state index < -0.39 is 5.54 Å². The molecule has 1 saturated carbocycles. The zero-order valence-corrected chi connectivity index (χ0v) is 11.0. The predicted octanol–water partition coefficient (Wildman–Crippen LogP) is 2.46. The number of hydrogen-bond donors (Lipinski definition) is 1. The van der Waals surface area contributed by atoms with Gasteiger partial charge in [0.1, 0.15) is 19.0 Å². The third-order valence-corrected chi connectivity index (χ3v) is 4.07. The maximum Gasteiger partial charge on any atom is 0.168 e. The zero-order chi connectivity index (χ0) is 12.8. The largest absolute Gasteiger partial charge is 0.495 e. The van der Waals surface area contributed by atoms with Crippen LogP contribution in [0.2, 0.25) is 5.02 Å². The Morgan fingerprint density at radius 2 is 2.06 bits per heavy atom.